The predicted octanol–water partition coefficient (Wildman–Crippen LogP) is 3.25. The first kappa shape index (κ1) is 15.3. The van der Waals surface area contributed by atoms with Gasteiger partial charge in [-0.15, -0.1) is 0 Å². The topological polar surface area (TPSA) is 72.5 Å². The summed E-state index contributed by atoms with van der Waals surface area (Å²) in [6.45, 7) is 0.260. The van der Waals surface area contributed by atoms with Crippen LogP contribution in [0.1, 0.15) is 21.5 Å². The summed E-state index contributed by atoms with van der Waals surface area (Å²) < 4.78 is 5.67. The zero-order chi connectivity index (χ0) is 15.4. The smallest absolute Gasteiger partial charge is 0.335 e. The molecule has 0 atom stereocenters. The highest BCUT2D eigenvalue weighted by Gasteiger charge is 2.08. The van der Waals surface area contributed by atoms with Crippen LogP contribution in [0.5, 0.6) is 5.75 Å². The van der Waals surface area contributed by atoms with Crippen LogP contribution >= 0.6 is 23.8 Å². The van der Waals surface area contributed by atoms with E-state index in [2.05, 4.69) is 0 Å². The Hall–Kier alpha value is -2.11. The number of hydrogen-bond acceptors (Lipinski definition) is 3. The maximum absolute atomic E-state index is 10.8. The highest BCUT2D eigenvalue weighted by atomic mass is 35.5. The molecule has 0 radical (unpaired) electrons. The van der Waals surface area contributed by atoms with E-state index in [-0.39, 0.29) is 17.2 Å². The summed E-state index contributed by atoms with van der Waals surface area (Å²) in [5, 5.41) is 9.36. The van der Waals surface area contributed by atoms with Crippen LogP contribution in [-0.4, -0.2) is 16.1 Å². The van der Waals surface area contributed by atoms with Gasteiger partial charge < -0.3 is 15.6 Å². The summed E-state index contributed by atoms with van der Waals surface area (Å²) in [6, 6.07) is 11.4. The van der Waals surface area contributed by atoms with Crippen LogP contribution < -0.4 is 10.5 Å². The minimum absolute atomic E-state index is 0.225. The molecule has 0 aliphatic carbocycles. The first-order chi connectivity index (χ1) is 9.97. The van der Waals surface area contributed by atoms with Crippen molar-refractivity contribution in [1.82, 2.24) is 0 Å². The van der Waals surface area contributed by atoms with Gasteiger partial charge in [0.2, 0.25) is 0 Å². The fraction of sp³-hybridized carbons (Fsp3) is 0.0667. The molecule has 2 aromatic carbocycles. The molecule has 2 aromatic rings. The van der Waals surface area contributed by atoms with E-state index in [0.29, 0.717) is 16.3 Å². The number of benzene rings is 2. The Bertz CT molecular complexity index is 686. The van der Waals surface area contributed by atoms with Crippen molar-refractivity contribution in [3.8, 4) is 5.75 Å². The van der Waals surface area contributed by atoms with Crippen LogP contribution in [0.25, 0.3) is 0 Å². The molecule has 0 unspecified atom stereocenters. The maximum Gasteiger partial charge on any atom is 0.335 e. The molecule has 0 saturated carbocycles. The summed E-state index contributed by atoms with van der Waals surface area (Å²) in [5.41, 5.74) is 7.29. The van der Waals surface area contributed by atoms with E-state index in [0.717, 1.165) is 5.56 Å². The van der Waals surface area contributed by atoms with E-state index in [1.807, 2.05) is 0 Å². The van der Waals surface area contributed by atoms with E-state index < -0.39 is 5.97 Å². The van der Waals surface area contributed by atoms with Crippen LogP contribution in [0, 0.1) is 0 Å². The number of halogens is 1. The second kappa shape index (κ2) is 6.56. The summed E-state index contributed by atoms with van der Waals surface area (Å²) >= 11 is 10.9. The highest BCUT2D eigenvalue weighted by molar-refractivity contribution is 7.80. The van der Waals surface area contributed by atoms with Crippen LogP contribution in [0.3, 0.4) is 0 Å². The monoisotopic (exact) mass is 321 g/mol. The van der Waals surface area contributed by atoms with Gasteiger partial charge >= 0.3 is 5.97 Å². The van der Waals surface area contributed by atoms with Gasteiger partial charge in [-0.2, -0.15) is 0 Å². The molecular formula is C15H12ClNO3S. The lowest BCUT2D eigenvalue weighted by atomic mass is 10.1. The Morgan fingerprint density at radius 1 is 1.24 bits per heavy atom. The molecule has 6 heteroatoms. The van der Waals surface area contributed by atoms with Gasteiger partial charge in [-0.05, 0) is 35.9 Å². The number of ether oxygens (including phenoxy) is 1. The molecule has 0 heterocycles. The number of thiocarbonyl (C=S) groups is 1. The summed E-state index contributed by atoms with van der Waals surface area (Å²) in [6.07, 6.45) is 0. The van der Waals surface area contributed by atoms with Crippen molar-refractivity contribution in [3.63, 3.8) is 0 Å². The number of aromatic carboxylic acids is 1. The molecule has 4 nitrogen and oxygen atoms in total. The Morgan fingerprint density at radius 3 is 2.48 bits per heavy atom. The predicted molar refractivity (Wildman–Crippen MR) is 85.1 cm³/mol. The average molecular weight is 322 g/mol. The molecule has 3 N–H and O–H groups in total. The van der Waals surface area contributed by atoms with Crippen molar-refractivity contribution in [2.45, 2.75) is 6.61 Å². The standard InChI is InChI=1S/C15H12ClNO3S/c16-11-5-6-12(14(17)21)13(7-11)20-8-9-1-3-10(4-2-9)15(18)19/h1-7H,8H2,(H2,17,21)(H,18,19). The normalized spacial score (nSPS) is 10.1. The van der Waals surface area contributed by atoms with Gasteiger partial charge in [-0.25, -0.2) is 4.79 Å². The first-order valence-corrected chi connectivity index (χ1v) is 6.80. The van der Waals surface area contributed by atoms with Gasteiger partial charge in [0.1, 0.15) is 17.3 Å². The van der Waals surface area contributed by atoms with E-state index in [9.17, 15) is 4.79 Å². The highest BCUT2D eigenvalue weighted by Crippen LogP contribution is 2.24. The first-order valence-electron chi connectivity index (χ1n) is 6.02. The molecule has 0 aromatic heterocycles. The number of hydrogen-bond donors (Lipinski definition) is 2. The fourth-order valence-corrected chi connectivity index (χ4v) is 2.05. The fourth-order valence-electron chi connectivity index (χ4n) is 1.72. The Morgan fingerprint density at radius 2 is 1.90 bits per heavy atom. The molecule has 108 valence electrons. The number of nitrogens with two attached hydrogens (primary N) is 1. The van der Waals surface area contributed by atoms with E-state index >= 15 is 0 Å². The molecule has 0 fully saturated rings. The van der Waals surface area contributed by atoms with E-state index in [4.69, 9.17) is 39.4 Å². The van der Waals surface area contributed by atoms with Gasteiger partial charge in [0, 0.05) is 5.02 Å². The van der Waals surface area contributed by atoms with Crippen LogP contribution in [0.15, 0.2) is 42.5 Å². The minimum Gasteiger partial charge on any atom is -0.488 e. The third-order valence-electron chi connectivity index (χ3n) is 2.80. The van der Waals surface area contributed by atoms with Crippen molar-refractivity contribution in [1.29, 1.82) is 0 Å². The number of carbonyl (C=O) groups is 1. The lowest BCUT2D eigenvalue weighted by Gasteiger charge is -2.11. The Balaban J connectivity index is 2.14. The van der Waals surface area contributed by atoms with Crippen LogP contribution in [0.2, 0.25) is 5.02 Å². The summed E-state index contributed by atoms with van der Waals surface area (Å²) in [4.78, 5) is 11.0. The van der Waals surface area contributed by atoms with Crippen molar-refractivity contribution in [2.75, 3.05) is 0 Å². The third kappa shape index (κ3) is 3.93. The van der Waals surface area contributed by atoms with Crippen molar-refractivity contribution < 1.29 is 14.6 Å². The zero-order valence-corrected chi connectivity index (χ0v) is 12.4. The molecular weight excluding hydrogens is 310 g/mol. The molecule has 0 bridgehead atoms. The largest absolute Gasteiger partial charge is 0.488 e. The summed E-state index contributed by atoms with van der Waals surface area (Å²) in [5.74, 6) is -0.467. The van der Waals surface area contributed by atoms with Gasteiger partial charge in [-0.1, -0.05) is 36.0 Å². The summed E-state index contributed by atoms with van der Waals surface area (Å²) in [7, 11) is 0. The van der Waals surface area contributed by atoms with E-state index in [1.54, 1.807) is 30.3 Å². The molecule has 2 rings (SSSR count). The Labute approximate surface area is 132 Å². The van der Waals surface area contributed by atoms with E-state index in [1.165, 1.54) is 12.1 Å². The second-order valence-electron chi connectivity index (χ2n) is 4.30. The zero-order valence-electron chi connectivity index (χ0n) is 10.9. The minimum atomic E-state index is -0.965. The van der Waals surface area contributed by atoms with Crippen molar-refractivity contribution in [2.24, 2.45) is 5.73 Å². The number of rotatable bonds is 5. The van der Waals surface area contributed by atoms with Crippen LogP contribution in [0.4, 0.5) is 0 Å². The molecule has 21 heavy (non-hydrogen) atoms. The van der Waals surface area contributed by atoms with Gasteiger partial charge in [0.25, 0.3) is 0 Å². The van der Waals surface area contributed by atoms with Gasteiger partial charge in [0.15, 0.2) is 0 Å². The third-order valence-corrected chi connectivity index (χ3v) is 3.26. The SMILES string of the molecule is NC(=S)c1ccc(Cl)cc1OCc1ccc(C(=O)O)cc1. The second-order valence-corrected chi connectivity index (χ2v) is 5.17. The quantitative estimate of drug-likeness (QED) is 0.827. The van der Waals surface area contributed by atoms with Crippen molar-refractivity contribution >= 4 is 34.8 Å². The lowest BCUT2D eigenvalue weighted by molar-refractivity contribution is 0.0697. The number of carboxylic acids is 1. The maximum atomic E-state index is 10.8. The molecule has 0 spiro atoms. The Kier molecular flexibility index (Phi) is 4.77. The van der Waals surface area contributed by atoms with Gasteiger partial charge in [-0.3, -0.25) is 0 Å². The number of carboxylic acid groups (broad SMARTS) is 1. The average Bonchev–Trinajstić information content (AvgIpc) is 2.45. The van der Waals surface area contributed by atoms with Crippen molar-refractivity contribution in [3.05, 3.63) is 64.2 Å². The molecule has 0 saturated heterocycles. The van der Waals surface area contributed by atoms with Gasteiger partial charge in [0.05, 0.1) is 11.1 Å². The lowest BCUT2D eigenvalue weighted by Crippen LogP contribution is -2.11. The molecule has 0 aliphatic heterocycles. The molecule has 0 amide bonds. The molecule has 0 aliphatic rings. The van der Waals surface area contributed by atoms with Crippen LogP contribution in [-0.2, 0) is 6.61 Å².